The highest BCUT2D eigenvalue weighted by molar-refractivity contribution is 7.07. The summed E-state index contributed by atoms with van der Waals surface area (Å²) in [5.41, 5.74) is 3.12. The Morgan fingerprint density at radius 2 is 1.89 bits per heavy atom. The van der Waals surface area contributed by atoms with E-state index < -0.39 is 18.0 Å². The zero-order valence-corrected chi connectivity index (χ0v) is 21.7. The molecule has 0 amide bonds. The lowest BCUT2D eigenvalue weighted by atomic mass is 9.95. The first-order valence-electron chi connectivity index (χ1n) is 12.0. The number of carbonyl (C=O) groups is 2. The van der Waals surface area contributed by atoms with Gasteiger partial charge in [0.1, 0.15) is 11.5 Å². The van der Waals surface area contributed by atoms with Crippen molar-refractivity contribution in [3.05, 3.63) is 114 Å². The maximum absolute atomic E-state index is 13.7. The van der Waals surface area contributed by atoms with Gasteiger partial charge in [0, 0.05) is 11.6 Å². The van der Waals surface area contributed by atoms with Gasteiger partial charge in [0.2, 0.25) is 0 Å². The van der Waals surface area contributed by atoms with Crippen molar-refractivity contribution in [3.8, 4) is 11.3 Å². The number of fused-ring (bicyclic) bond motifs is 1. The van der Waals surface area contributed by atoms with Gasteiger partial charge in [-0.1, -0.05) is 53.3 Å². The highest BCUT2D eigenvalue weighted by Crippen LogP contribution is 2.31. The number of ether oxygens (including phenoxy) is 1. The summed E-state index contributed by atoms with van der Waals surface area (Å²) in [6, 6.07) is 16.9. The maximum atomic E-state index is 13.7. The lowest BCUT2D eigenvalue weighted by Gasteiger charge is -2.24. The van der Waals surface area contributed by atoms with Gasteiger partial charge in [-0.2, -0.15) is 0 Å². The van der Waals surface area contributed by atoms with Crippen molar-refractivity contribution in [1.82, 2.24) is 4.57 Å². The van der Waals surface area contributed by atoms with Crippen LogP contribution < -0.4 is 14.9 Å². The lowest BCUT2D eigenvalue weighted by molar-refractivity contribution is -0.139. The smallest absolute Gasteiger partial charge is 0.338 e. The number of aromatic nitrogens is 1. The van der Waals surface area contributed by atoms with E-state index in [0.717, 1.165) is 11.1 Å². The Morgan fingerprint density at radius 1 is 1.13 bits per heavy atom. The molecule has 8 nitrogen and oxygen atoms in total. The van der Waals surface area contributed by atoms with E-state index in [1.54, 1.807) is 44.2 Å². The van der Waals surface area contributed by atoms with Gasteiger partial charge in [-0.3, -0.25) is 9.36 Å². The van der Waals surface area contributed by atoms with Crippen LogP contribution in [0.2, 0.25) is 0 Å². The Kier molecular flexibility index (Phi) is 6.69. The van der Waals surface area contributed by atoms with E-state index in [1.807, 2.05) is 31.2 Å². The molecule has 1 unspecified atom stereocenters. The molecule has 0 fully saturated rings. The Morgan fingerprint density at radius 3 is 2.61 bits per heavy atom. The Hall–Kier alpha value is -4.50. The molecule has 0 saturated heterocycles. The first kappa shape index (κ1) is 25.2. The average molecular weight is 529 g/mol. The molecule has 192 valence electrons. The molecule has 0 aliphatic carbocycles. The monoisotopic (exact) mass is 528 g/mol. The van der Waals surface area contributed by atoms with Gasteiger partial charge in [-0.05, 0) is 50.6 Å². The number of nitrogens with zero attached hydrogens (tertiary/aromatic N) is 2. The van der Waals surface area contributed by atoms with E-state index in [9.17, 15) is 19.5 Å². The second-order valence-corrected chi connectivity index (χ2v) is 9.81. The Labute approximate surface area is 221 Å². The molecule has 2 aromatic heterocycles. The molecule has 1 aliphatic heterocycles. The number of hydrogen-bond acceptors (Lipinski definition) is 7. The van der Waals surface area contributed by atoms with Crippen LogP contribution in [0.3, 0.4) is 0 Å². The summed E-state index contributed by atoms with van der Waals surface area (Å²) in [4.78, 5) is 43.0. The summed E-state index contributed by atoms with van der Waals surface area (Å²) in [5, 5.41) is 9.27. The highest BCUT2D eigenvalue weighted by atomic mass is 32.1. The molecule has 2 aromatic carbocycles. The van der Waals surface area contributed by atoms with Crippen LogP contribution >= 0.6 is 11.3 Å². The van der Waals surface area contributed by atoms with Gasteiger partial charge in [0.15, 0.2) is 4.80 Å². The SMILES string of the molecule is CCOC(=O)C1=C(C)N=c2s/c(=C/c3ccc(-c4cccc(C(=O)O)c4)o3)c(=O)n2C1c1ccc(C)cc1. The quantitative estimate of drug-likeness (QED) is 0.378. The average Bonchev–Trinajstić information content (AvgIpc) is 3.48. The predicted molar refractivity (Wildman–Crippen MR) is 143 cm³/mol. The predicted octanol–water partition coefficient (Wildman–Crippen LogP) is 4.06. The number of benzene rings is 2. The molecule has 4 aromatic rings. The molecule has 0 saturated carbocycles. The topological polar surface area (TPSA) is 111 Å². The number of furan rings is 1. The molecule has 9 heteroatoms. The van der Waals surface area contributed by atoms with Crippen molar-refractivity contribution < 1.29 is 23.8 Å². The molecule has 38 heavy (non-hydrogen) atoms. The third-order valence-corrected chi connectivity index (χ3v) is 7.19. The number of carboxylic acid groups (broad SMARTS) is 1. The molecule has 0 radical (unpaired) electrons. The van der Waals surface area contributed by atoms with Gasteiger partial charge in [0.05, 0.1) is 34.0 Å². The summed E-state index contributed by atoms with van der Waals surface area (Å²) >= 11 is 1.20. The largest absolute Gasteiger partial charge is 0.478 e. The Balaban J connectivity index is 1.61. The standard InChI is InChI=1S/C29H24N2O6S/c1-4-36-28(35)24-17(3)30-29-31(25(24)18-10-8-16(2)9-11-18)26(32)23(38-29)15-21-12-13-22(37-21)19-6-5-7-20(14-19)27(33)34/h5-15,25H,4H2,1-3H3,(H,33,34)/b23-15+. The zero-order valence-electron chi connectivity index (χ0n) is 20.9. The first-order chi connectivity index (χ1) is 18.3. The van der Waals surface area contributed by atoms with Crippen molar-refractivity contribution in [1.29, 1.82) is 0 Å². The van der Waals surface area contributed by atoms with Crippen LogP contribution in [-0.2, 0) is 9.53 Å². The first-order valence-corrected chi connectivity index (χ1v) is 12.8. The number of aryl methyl sites for hydroxylation is 1. The van der Waals surface area contributed by atoms with E-state index >= 15 is 0 Å². The van der Waals surface area contributed by atoms with Crippen molar-refractivity contribution in [3.63, 3.8) is 0 Å². The molecule has 1 N–H and O–H groups in total. The molecular weight excluding hydrogens is 504 g/mol. The third-order valence-electron chi connectivity index (χ3n) is 6.20. The van der Waals surface area contributed by atoms with E-state index in [4.69, 9.17) is 9.15 Å². The van der Waals surface area contributed by atoms with Crippen LogP contribution in [-0.4, -0.2) is 28.2 Å². The van der Waals surface area contributed by atoms with E-state index in [1.165, 1.54) is 28.0 Å². The van der Waals surface area contributed by atoms with Gasteiger partial charge < -0.3 is 14.3 Å². The Bertz CT molecular complexity index is 1770. The molecular formula is C29H24N2O6S. The fourth-order valence-corrected chi connectivity index (χ4v) is 5.40. The van der Waals surface area contributed by atoms with Crippen LogP contribution in [0.15, 0.2) is 86.1 Å². The number of allylic oxidation sites excluding steroid dienone is 1. The van der Waals surface area contributed by atoms with E-state index in [-0.39, 0.29) is 17.7 Å². The summed E-state index contributed by atoms with van der Waals surface area (Å²) in [7, 11) is 0. The van der Waals surface area contributed by atoms with Gasteiger partial charge in [-0.15, -0.1) is 0 Å². The third kappa shape index (κ3) is 4.64. The van der Waals surface area contributed by atoms with Crippen LogP contribution in [0.4, 0.5) is 0 Å². The zero-order chi connectivity index (χ0) is 27.0. The van der Waals surface area contributed by atoms with Crippen molar-refractivity contribution in [2.24, 2.45) is 4.99 Å². The minimum absolute atomic E-state index is 0.151. The van der Waals surface area contributed by atoms with Gasteiger partial charge in [-0.25, -0.2) is 14.6 Å². The van der Waals surface area contributed by atoms with Crippen molar-refractivity contribution >= 4 is 29.4 Å². The molecule has 5 rings (SSSR count). The number of aromatic carboxylic acids is 1. The fraction of sp³-hybridized carbons (Fsp3) is 0.172. The normalized spacial score (nSPS) is 15.2. The fourth-order valence-electron chi connectivity index (χ4n) is 4.38. The molecule has 3 heterocycles. The summed E-state index contributed by atoms with van der Waals surface area (Å²) in [6.45, 7) is 5.66. The summed E-state index contributed by atoms with van der Waals surface area (Å²) < 4.78 is 13.2. The number of rotatable bonds is 6. The van der Waals surface area contributed by atoms with Crippen LogP contribution in [0.5, 0.6) is 0 Å². The van der Waals surface area contributed by atoms with E-state index in [2.05, 4.69) is 4.99 Å². The van der Waals surface area contributed by atoms with Crippen molar-refractivity contribution in [2.45, 2.75) is 26.8 Å². The number of thiazole rings is 1. The van der Waals surface area contributed by atoms with Crippen LogP contribution in [0.1, 0.15) is 47.1 Å². The summed E-state index contributed by atoms with van der Waals surface area (Å²) in [5.74, 6) is -0.627. The minimum Gasteiger partial charge on any atom is -0.478 e. The number of carboxylic acids is 1. The molecule has 1 atom stereocenters. The molecule has 0 spiro atoms. The van der Waals surface area contributed by atoms with E-state index in [0.29, 0.717) is 37.7 Å². The number of esters is 1. The highest BCUT2D eigenvalue weighted by Gasteiger charge is 2.33. The second-order valence-electron chi connectivity index (χ2n) is 8.80. The molecule has 0 bridgehead atoms. The number of hydrogen-bond donors (Lipinski definition) is 1. The van der Waals surface area contributed by atoms with Crippen LogP contribution in [0.25, 0.3) is 17.4 Å². The second kappa shape index (κ2) is 10.1. The molecule has 1 aliphatic rings. The lowest BCUT2D eigenvalue weighted by Crippen LogP contribution is -2.39. The minimum atomic E-state index is -1.03. The van der Waals surface area contributed by atoms with Crippen molar-refractivity contribution in [2.75, 3.05) is 6.61 Å². The van der Waals surface area contributed by atoms with Crippen LogP contribution in [0, 0.1) is 6.92 Å². The van der Waals surface area contributed by atoms with Gasteiger partial charge in [0.25, 0.3) is 5.56 Å². The maximum Gasteiger partial charge on any atom is 0.338 e. The number of carbonyl (C=O) groups excluding carboxylic acids is 1. The summed E-state index contributed by atoms with van der Waals surface area (Å²) in [6.07, 6.45) is 1.63. The van der Waals surface area contributed by atoms with Gasteiger partial charge >= 0.3 is 11.9 Å².